The molecule has 0 saturated carbocycles. The molecule has 1 aliphatic heterocycles. The van der Waals surface area contributed by atoms with Gasteiger partial charge >= 0.3 is 0 Å². The van der Waals surface area contributed by atoms with Gasteiger partial charge in [-0.25, -0.2) is 0 Å². The van der Waals surface area contributed by atoms with Crippen LogP contribution in [0.25, 0.3) is 0 Å². The number of benzene rings is 1. The Hall–Kier alpha value is -1.62. The number of likely N-dealkylation sites (N-methyl/N-ethyl adjacent to an activating group) is 1. The first-order valence-electron chi connectivity index (χ1n) is 7.03. The minimum Gasteiger partial charge on any atom is -0.493 e. The summed E-state index contributed by atoms with van der Waals surface area (Å²) in [4.78, 5) is 4.72. The highest BCUT2D eigenvalue weighted by atomic mass is 16.5. The van der Waals surface area contributed by atoms with E-state index in [1.807, 2.05) is 12.1 Å². The smallest absolute Gasteiger partial charge is 0.162 e. The third kappa shape index (κ3) is 2.93. The molecular formula is C15H25N3O2. The highest BCUT2D eigenvalue weighted by molar-refractivity contribution is 5.73. The zero-order chi connectivity index (χ0) is 14.7. The third-order valence-corrected chi connectivity index (χ3v) is 3.89. The summed E-state index contributed by atoms with van der Waals surface area (Å²) >= 11 is 0. The largest absolute Gasteiger partial charge is 0.493 e. The van der Waals surface area contributed by atoms with Gasteiger partial charge in [0.2, 0.25) is 0 Å². The van der Waals surface area contributed by atoms with Crippen LogP contribution < -0.4 is 20.1 Å². The molecule has 2 N–H and O–H groups in total. The predicted molar refractivity (Wildman–Crippen MR) is 82.9 cm³/mol. The van der Waals surface area contributed by atoms with Crippen LogP contribution in [0, 0.1) is 0 Å². The lowest BCUT2D eigenvalue weighted by atomic mass is 10.1. The van der Waals surface area contributed by atoms with Gasteiger partial charge in [-0.1, -0.05) is 0 Å². The number of hydrogen-bond donors (Lipinski definition) is 1. The Morgan fingerprint density at radius 3 is 2.45 bits per heavy atom. The van der Waals surface area contributed by atoms with E-state index in [1.54, 1.807) is 14.2 Å². The molecule has 0 aliphatic carbocycles. The molecule has 1 fully saturated rings. The van der Waals surface area contributed by atoms with Crippen molar-refractivity contribution in [3.8, 4) is 11.5 Å². The van der Waals surface area contributed by atoms with E-state index in [9.17, 15) is 0 Å². The molecule has 5 nitrogen and oxygen atoms in total. The van der Waals surface area contributed by atoms with Crippen LogP contribution in [0.2, 0.25) is 0 Å². The van der Waals surface area contributed by atoms with Crippen LogP contribution in [0.4, 0.5) is 11.4 Å². The van der Waals surface area contributed by atoms with Crippen LogP contribution in [0.5, 0.6) is 11.5 Å². The van der Waals surface area contributed by atoms with Gasteiger partial charge in [0.05, 0.1) is 25.6 Å². The lowest BCUT2D eigenvalue weighted by molar-refractivity contribution is 0.337. The van der Waals surface area contributed by atoms with Crippen LogP contribution in [0.3, 0.4) is 0 Å². The summed E-state index contributed by atoms with van der Waals surface area (Å²) < 4.78 is 10.7. The second-order valence-corrected chi connectivity index (χ2v) is 5.42. The highest BCUT2D eigenvalue weighted by Gasteiger charge is 2.23. The van der Waals surface area contributed by atoms with Crippen molar-refractivity contribution in [1.82, 2.24) is 4.90 Å². The van der Waals surface area contributed by atoms with Crippen LogP contribution in [-0.4, -0.2) is 51.8 Å². The van der Waals surface area contributed by atoms with Gasteiger partial charge in [0.1, 0.15) is 0 Å². The molecule has 0 amide bonds. The van der Waals surface area contributed by atoms with Gasteiger partial charge in [0.25, 0.3) is 0 Å². The molecule has 1 saturated heterocycles. The Balaban J connectivity index is 2.35. The van der Waals surface area contributed by atoms with Gasteiger partial charge in [0, 0.05) is 31.3 Å². The zero-order valence-electron chi connectivity index (χ0n) is 12.8. The molecule has 2 rings (SSSR count). The van der Waals surface area contributed by atoms with Crippen molar-refractivity contribution in [3.63, 3.8) is 0 Å². The minimum absolute atomic E-state index is 0.419. The molecule has 1 aromatic rings. The van der Waals surface area contributed by atoms with Crippen LogP contribution >= 0.6 is 0 Å². The van der Waals surface area contributed by atoms with Crippen LogP contribution in [0.1, 0.15) is 13.3 Å². The van der Waals surface area contributed by atoms with E-state index in [0.29, 0.717) is 11.8 Å². The molecular weight excluding hydrogens is 254 g/mol. The molecule has 5 heteroatoms. The normalized spacial score (nSPS) is 20.6. The first-order chi connectivity index (χ1) is 9.56. The zero-order valence-corrected chi connectivity index (χ0v) is 12.8. The molecule has 1 aromatic carbocycles. The number of methoxy groups -OCH3 is 2. The Labute approximate surface area is 121 Å². The van der Waals surface area contributed by atoms with Crippen molar-refractivity contribution >= 4 is 11.4 Å². The molecule has 1 heterocycles. The topological polar surface area (TPSA) is 51.0 Å². The third-order valence-electron chi connectivity index (χ3n) is 3.89. The monoisotopic (exact) mass is 279 g/mol. The number of hydrogen-bond acceptors (Lipinski definition) is 5. The van der Waals surface area contributed by atoms with Gasteiger partial charge in [-0.15, -0.1) is 0 Å². The first kappa shape index (κ1) is 14.8. The molecule has 20 heavy (non-hydrogen) atoms. The maximum absolute atomic E-state index is 6.21. The number of anilines is 2. The van der Waals surface area contributed by atoms with Crippen molar-refractivity contribution in [2.45, 2.75) is 19.4 Å². The van der Waals surface area contributed by atoms with Gasteiger partial charge in [-0.05, 0) is 26.9 Å². The Morgan fingerprint density at radius 2 is 1.80 bits per heavy atom. The molecule has 0 radical (unpaired) electrons. The molecule has 0 bridgehead atoms. The van der Waals surface area contributed by atoms with E-state index >= 15 is 0 Å². The van der Waals surface area contributed by atoms with Crippen molar-refractivity contribution in [2.24, 2.45) is 0 Å². The fourth-order valence-corrected chi connectivity index (χ4v) is 2.86. The molecule has 1 atom stereocenters. The summed E-state index contributed by atoms with van der Waals surface area (Å²) in [7, 11) is 5.44. The first-order valence-corrected chi connectivity index (χ1v) is 7.03. The van der Waals surface area contributed by atoms with E-state index in [2.05, 4.69) is 23.8 Å². The van der Waals surface area contributed by atoms with Gasteiger partial charge in [0.15, 0.2) is 11.5 Å². The maximum atomic E-state index is 6.21. The standard InChI is InChI=1S/C15H25N3O2/c1-11-10-17(2)6-5-7-18(11)13-9-15(20-4)14(19-3)8-12(13)16/h8-9,11H,5-7,10,16H2,1-4H3. The van der Waals surface area contributed by atoms with E-state index in [0.717, 1.165) is 43.2 Å². The summed E-state index contributed by atoms with van der Waals surface area (Å²) in [5.41, 5.74) is 7.98. The summed E-state index contributed by atoms with van der Waals surface area (Å²) in [5.74, 6) is 1.40. The lowest BCUT2D eigenvalue weighted by Gasteiger charge is -2.31. The Kier molecular flexibility index (Phi) is 4.60. The number of rotatable bonds is 3. The second kappa shape index (κ2) is 6.22. The van der Waals surface area contributed by atoms with Crippen molar-refractivity contribution in [3.05, 3.63) is 12.1 Å². The minimum atomic E-state index is 0.419. The Bertz CT molecular complexity index is 465. The molecule has 0 spiro atoms. The second-order valence-electron chi connectivity index (χ2n) is 5.42. The Morgan fingerprint density at radius 1 is 1.15 bits per heavy atom. The quantitative estimate of drug-likeness (QED) is 0.855. The molecule has 1 unspecified atom stereocenters. The van der Waals surface area contributed by atoms with E-state index in [1.165, 1.54) is 0 Å². The van der Waals surface area contributed by atoms with Gasteiger partial charge in [-0.3, -0.25) is 0 Å². The average molecular weight is 279 g/mol. The fourth-order valence-electron chi connectivity index (χ4n) is 2.86. The van der Waals surface area contributed by atoms with E-state index in [-0.39, 0.29) is 0 Å². The van der Waals surface area contributed by atoms with Crippen molar-refractivity contribution in [2.75, 3.05) is 51.5 Å². The van der Waals surface area contributed by atoms with Crippen LogP contribution in [0.15, 0.2) is 12.1 Å². The van der Waals surface area contributed by atoms with E-state index < -0.39 is 0 Å². The average Bonchev–Trinajstić information content (AvgIpc) is 2.59. The van der Waals surface area contributed by atoms with Crippen molar-refractivity contribution < 1.29 is 9.47 Å². The lowest BCUT2D eigenvalue weighted by Crippen LogP contribution is -2.38. The summed E-state index contributed by atoms with van der Waals surface area (Å²) in [6, 6.07) is 4.24. The fraction of sp³-hybridized carbons (Fsp3) is 0.600. The number of nitrogen functional groups attached to an aromatic ring is 1. The summed E-state index contributed by atoms with van der Waals surface area (Å²) in [6.07, 6.45) is 1.13. The molecule has 112 valence electrons. The highest BCUT2D eigenvalue weighted by Crippen LogP contribution is 2.37. The summed E-state index contributed by atoms with van der Waals surface area (Å²) in [6.45, 7) is 5.39. The van der Waals surface area contributed by atoms with Crippen molar-refractivity contribution in [1.29, 1.82) is 0 Å². The SMILES string of the molecule is COc1cc(N)c(N2CCCN(C)CC2C)cc1OC. The summed E-state index contributed by atoms with van der Waals surface area (Å²) in [5, 5.41) is 0. The maximum Gasteiger partial charge on any atom is 0.162 e. The van der Waals surface area contributed by atoms with Gasteiger partial charge < -0.3 is 25.0 Å². The van der Waals surface area contributed by atoms with Crippen LogP contribution in [-0.2, 0) is 0 Å². The van der Waals surface area contributed by atoms with Gasteiger partial charge in [-0.2, -0.15) is 0 Å². The molecule has 1 aliphatic rings. The predicted octanol–water partition coefficient (Wildman–Crippen LogP) is 1.82. The number of nitrogens with zero attached hydrogens (tertiary/aromatic N) is 2. The van der Waals surface area contributed by atoms with E-state index in [4.69, 9.17) is 15.2 Å². The number of nitrogens with two attached hydrogens (primary N) is 1. The molecule has 0 aromatic heterocycles. The number of ether oxygens (including phenoxy) is 2.